The van der Waals surface area contributed by atoms with Gasteiger partial charge in [-0.15, -0.1) is 0 Å². The lowest BCUT2D eigenvalue weighted by molar-refractivity contribution is 0.0948. The van der Waals surface area contributed by atoms with E-state index in [1.54, 1.807) is 37.4 Å². The summed E-state index contributed by atoms with van der Waals surface area (Å²) in [6.07, 6.45) is 0. The Bertz CT molecular complexity index is 1160. The van der Waals surface area contributed by atoms with Crippen LogP contribution in [0.2, 0.25) is 0 Å². The third-order valence-corrected chi connectivity index (χ3v) is 5.78. The lowest BCUT2D eigenvalue weighted by atomic mass is 10.1. The van der Waals surface area contributed by atoms with Crippen molar-refractivity contribution in [3.05, 3.63) is 70.0 Å². The van der Waals surface area contributed by atoms with Gasteiger partial charge < -0.3 is 10.1 Å². The van der Waals surface area contributed by atoms with Gasteiger partial charge in [-0.05, 0) is 24.1 Å². The van der Waals surface area contributed by atoms with Crippen LogP contribution in [-0.4, -0.2) is 47.3 Å². The molecule has 0 fully saturated rings. The van der Waals surface area contributed by atoms with Crippen molar-refractivity contribution in [1.82, 2.24) is 14.9 Å². The van der Waals surface area contributed by atoms with Crippen LogP contribution in [0.15, 0.2) is 58.5 Å². The minimum absolute atomic E-state index is 0.0509. The van der Waals surface area contributed by atoms with Crippen LogP contribution in [0.5, 0.6) is 0 Å². The summed E-state index contributed by atoms with van der Waals surface area (Å²) in [7, 11) is 1.56. The number of carbonyl (C=O) groups is 2. The predicted molar refractivity (Wildman–Crippen MR) is 127 cm³/mol. The van der Waals surface area contributed by atoms with Crippen molar-refractivity contribution < 1.29 is 14.3 Å². The zero-order valence-corrected chi connectivity index (χ0v) is 19.3. The van der Waals surface area contributed by atoms with Gasteiger partial charge >= 0.3 is 0 Å². The lowest BCUT2D eigenvalue weighted by Gasteiger charge is -2.13. The third kappa shape index (κ3) is 5.83. The van der Waals surface area contributed by atoms with Crippen LogP contribution < -0.4 is 10.9 Å². The van der Waals surface area contributed by atoms with E-state index in [4.69, 9.17) is 4.74 Å². The van der Waals surface area contributed by atoms with Gasteiger partial charge in [0, 0.05) is 24.8 Å². The maximum Gasteiger partial charge on any atom is 0.262 e. The van der Waals surface area contributed by atoms with Crippen LogP contribution in [0.4, 0.5) is 0 Å². The number of hydrogen-bond donors (Lipinski definition) is 1. The summed E-state index contributed by atoms with van der Waals surface area (Å²) in [6.45, 7) is 5.25. The maximum absolute atomic E-state index is 13.1. The second-order valence-corrected chi connectivity index (χ2v) is 8.70. The van der Waals surface area contributed by atoms with E-state index < -0.39 is 0 Å². The first-order valence-corrected chi connectivity index (χ1v) is 11.4. The van der Waals surface area contributed by atoms with Gasteiger partial charge in [-0.1, -0.05) is 55.9 Å². The minimum atomic E-state index is -0.226. The van der Waals surface area contributed by atoms with E-state index in [0.717, 1.165) is 0 Å². The molecular formula is C24H27N3O4S. The summed E-state index contributed by atoms with van der Waals surface area (Å²) in [5.41, 5.74) is 1.25. The number of fused-ring (bicyclic) bond motifs is 1. The average Bonchev–Trinajstić information content (AvgIpc) is 2.80. The average molecular weight is 454 g/mol. The van der Waals surface area contributed by atoms with E-state index in [-0.39, 0.29) is 23.0 Å². The number of thioether (sulfide) groups is 1. The van der Waals surface area contributed by atoms with E-state index in [1.807, 2.05) is 32.0 Å². The fourth-order valence-electron chi connectivity index (χ4n) is 3.07. The molecule has 0 aliphatic heterocycles. The normalized spacial score (nSPS) is 11.1. The molecule has 0 radical (unpaired) electrons. The van der Waals surface area contributed by atoms with Crippen molar-refractivity contribution in [3.63, 3.8) is 0 Å². The molecule has 1 N–H and O–H groups in total. The number of benzene rings is 2. The van der Waals surface area contributed by atoms with Crippen molar-refractivity contribution in [2.45, 2.75) is 25.5 Å². The number of carbonyl (C=O) groups excluding carboxylic acids is 2. The Morgan fingerprint density at radius 1 is 1.12 bits per heavy atom. The largest absolute Gasteiger partial charge is 0.383 e. The standard InChI is InChI=1S/C24H27N3O4S/c1-16(2)14-25-22(29)18-9-10-19-20(13-18)26-24(27(23(19)30)11-12-31-3)32-15-21(28)17-7-5-4-6-8-17/h4-10,13,16H,11-12,14-15H2,1-3H3,(H,25,29). The number of ether oxygens (including phenoxy) is 1. The van der Waals surface area contributed by atoms with Gasteiger partial charge in [-0.2, -0.15) is 0 Å². The number of ketones is 1. The molecule has 3 rings (SSSR count). The van der Waals surface area contributed by atoms with Gasteiger partial charge in [0.1, 0.15) is 0 Å². The second-order valence-electron chi connectivity index (χ2n) is 7.76. The molecule has 1 heterocycles. The van der Waals surface area contributed by atoms with Crippen LogP contribution >= 0.6 is 11.8 Å². The molecule has 168 valence electrons. The predicted octanol–water partition coefficient (Wildman–Crippen LogP) is 3.40. The van der Waals surface area contributed by atoms with Crippen LogP contribution in [0.1, 0.15) is 34.6 Å². The Balaban J connectivity index is 1.93. The smallest absolute Gasteiger partial charge is 0.262 e. The van der Waals surface area contributed by atoms with Crippen LogP contribution in [0, 0.1) is 5.92 Å². The van der Waals surface area contributed by atoms with Crippen molar-refractivity contribution in [2.24, 2.45) is 5.92 Å². The van der Waals surface area contributed by atoms with Crippen molar-refractivity contribution in [1.29, 1.82) is 0 Å². The first kappa shape index (κ1) is 23.7. The Morgan fingerprint density at radius 2 is 1.88 bits per heavy atom. The summed E-state index contributed by atoms with van der Waals surface area (Å²) in [5, 5.41) is 3.71. The van der Waals surface area contributed by atoms with Gasteiger partial charge in [0.15, 0.2) is 10.9 Å². The Labute approximate surface area is 191 Å². The summed E-state index contributed by atoms with van der Waals surface area (Å²) in [5.74, 6) is 0.212. The van der Waals surface area contributed by atoms with E-state index >= 15 is 0 Å². The molecule has 0 saturated carbocycles. The fourth-order valence-corrected chi connectivity index (χ4v) is 3.99. The number of aromatic nitrogens is 2. The number of nitrogens with one attached hydrogen (secondary N) is 1. The topological polar surface area (TPSA) is 90.3 Å². The first-order chi connectivity index (χ1) is 15.4. The molecule has 32 heavy (non-hydrogen) atoms. The Hall–Kier alpha value is -2.97. The molecule has 0 atom stereocenters. The molecule has 0 unspecified atom stereocenters. The van der Waals surface area contributed by atoms with Gasteiger partial charge in [0.2, 0.25) is 0 Å². The molecule has 3 aromatic rings. The number of Topliss-reactive ketones (excluding diaryl/α,β-unsaturated/α-hetero) is 1. The van der Waals surface area contributed by atoms with Crippen molar-refractivity contribution in [2.75, 3.05) is 26.0 Å². The van der Waals surface area contributed by atoms with Gasteiger partial charge in [0.05, 0.1) is 29.8 Å². The van der Waals surface area contributed by atoms with Gasteiger partial charge in [0.25, 0.3) is 11.5 Å². The third-order valence-electron chi connectivity index (χ3n) is 4.80. The monoisotopic (exact) mass is 453 g/mol. The van der Waals surface area contributed by atoms with Crippen LogP contribution in [-0.2, 0) is 11.3 Å². The number of rotatable bonds is 10. The molecule has 0 saturated heterocycles. The molecule has 1 aromatic heterocycles. The zero-order chi connectivity index (χ0) is 23.1. The quantitative estimate of drug-likeness (QED) is 0.287. The minimum Gasteiger partial charge on any atom is -0.383 e. The SMILES string of the molecule is COCCn1c(SCC(=O)c2ccccc2)nc2cc(C(=O)NCC(C)C)ccc2c1=O. The molecule has 0 aliphatic carbocycles. The van der Waals surface area contributed by atoms with Crippen molar-refractivity contribution >= 4 is 34.4 Å². The molecular weight excluding hydrogens is 426 g/mol. The Kier molecular flexibility index (Phi) is 8.19. The van der Waals surface area contributed by atoms with Gasteiger partial charge in [-0.3, -0.25) is 19.0 Å². The van der Waals surface area contributed by atoms with E-state index in [1.165, 1.54) is 16.3 Å². The van der Waals surface area contributed by atoms with E-state index in [0.29, 0.717) is 52.8 Å². The highest BCUT2D eigenvalue weighted by atomic mass is 32.2. The maximum atomic E-state index is 13.1. The number of amides is 1. The van der Waals surface area contributed by atoms with E-state index in [2.05, 4.69) is 10.3 Å². The second kappa shape index (κ2) is 11.1. The molecule has 7 nitrogen and oxygen atoms in total. The number of nitrogens with zero attached hydrogens (tertiary/aromatic N) is 2. The zero-order valence-electron chi connectivity index (χ0n) is 18.5. The molecule has 2 aromatic carbocycles. The molecule has 1 amide bonds. The first-order valence-electron chi connectivity index (χ1n) is 10.4. The number of methoxy groups -OCH3 is 1. The van der Waals surface area contributed by atoms with Gasteiger partial charge in [-0.25, -0.2) is 4.98 Å². The summed E-state index contributed by atoms with van der Waals surface area (Å²) >= 11 is 1.20. The Morgan fingerprint density at radius 3 is 2.56 bits per heavy atom. The van der Waals surface area contributed by atoms with Crippen molar-refractivity contribution in [3.8, 4) is 0 Å². The lowest BCUT2D eigenvalue weighted by Crippen LogP contribution is -2.28. The fraction of sp³-hybridized carbons (Fsp3) is 0.333. The summed E-state index contributed by atoms with van der Waals surface area (Å²) < 4.78 is 6.66. The highest BCUT2D eigenvalue weighted by molar-refractivity contribution is 7.99. The van der Waals surface area contributed by atoms with Crippen LogP contribution in [0.25, 0.3) is 10.9 Å². The number of hydrogen-bond acceptors (Lipinski definition) is 6. The van der Waals surface area contributed by atoms with E-state index in [9.17, 15) is 14.4 Å². The molecule has 0 spiro atoms. The summed E-state index contributed by atoms with van der Waals surface area (Å²) in [6, 6.07) is 13.9. The highest BCUT2D eigenvalue weighted by Gasteiger charge is 2.16. The molecule has 8 heteroatoms. The summed E-state index contributed by atoms with van der Waals surface area (Å²) in [4.78, 5) is 42.8. The molecule has 0 bridgehead atoms. The highest BCUT2D eigenvalue weighted by Crippen LogP contribution is 2.20. The van der Waals surface area contributed by atoms with Crippen LogP contribution in [0.3, 0.4) is 0 Å². The molecule has 0 aliphatic rings.